The van der Waals surface area contributed by atoms with Crippen molar-refractivity contribution in [1.29, 1.82) is 0 Å². The Hall–Kier alpha value is -5.61. The SMILES string of the molecule is CCn1c(-c2cccnc2[C@H](C)OC)c2c3cc(ccc31)N1CCO[C@@H](C[C@H](NC(=O)C(C(C)C)N(C)C(=O)[C@@]3(F)CCN(C(=O)C#CC(C)(C)N4CCC4)C3)C(=O)N3CCC[C@H](N3)C(=O)OCC(C)(C)C2)C1. The molecule has 4 saturated heterocycles. The van der Waals surface area contributed by atoms with Gasteiger partial charge in [0.25, 0.3) is 17.7 Å². The summed E-state index contributed by atoms with van der Waals surface area (Å²) < 4.78 is 37.5. The number of likely N-dealkylation sites (N-methyl/N-ethyl adjacent to an activating group) is 1. The fraction of sp³-hybridized carbons (Fsp3) is 0.636. The molecule has 6 atom stereocenters. The Balaban J connectivity index is 1.08. The molecule has 1 unspecified atom stereocenters. The van der Waals surface area contributed by atoms with Crippen LogP contribution in [0.15, 0.2) is 36.5 Å². The number of amides is 4. The molecular formula is C55H76FN9O8. The van der Waals surface area contributed by atoms with Crippen LogP contribution in [-0.2, 0) is 51.1 Å². The molecule has 17 nitrogen and oxygen atoms in total. The molecule has 73 heavy (non-hydrogen) atoms. The zero-order valence-corrected chi connectivity index (χ0v) is 44.5. The van der Waals surface area contributed by atoms with Crippen molar-refractivity contribution in [2.24, 2.45) is 11.3 Å². The van der Waals surface area contributed by atoms with Gasteiger partial charge in [0.15, 0.2) is 0 Å². The highest BCUT2D eigenvalue weighted by Crippen LogP contribution is 2.42. The minimum atomic E-state index is -2.45. The van der Waals surface area contributed by atoms with Crippen LogP contribution in [0, 0.1) is 23.2 Å². The number of carbonyl (C=O) groups is 5. The third kappa shape index (κ3) is 11.3. The Kier molecular flexibility index (Phi) is 16.0. The van der Waals surface area contributed by atoms with Gasteiger partial charge in [-0.2, -0.15) is 0 Å². The van der Waals surface area contributed by atoms with Gasteiger partial charge in [0, 0.05) is 107 Å². The molecule has 0 aliphatic carbocycles. The molecule has 0 spiro atoms. The van der Waals surface area contributed by atoms with E-state index in [0.29, 0.717) is 45.5 Å². The number of benzene rings is 1. The number of likely N-dealkylation sites (tertiary alicyclic amines) is 2. The summed E-state index contributed by atoms with van der Waals surface area (Å²) in [4.78, 5) is 82.5. The number of esters is 1. The highest BCUT2D eigenvalue weighted by Gasteiger charge is 2.50. The maximum atomic E-state index is 16.8. The second-order valence-electron chi connectivity index (χ2n) is 22.3. The lowest BCUT2D eigenvalue weighted by Crippen LogP contribution is -2.63. The number of methoxy groups -OCH3 is 1. The van der Waals surface area contributed by atoms with Crippen molar-refractivity contribution in [3.63, 3.8) is 0 Å². The van der Waals surface area contributed by atoms with E-state index in [1.807, 2.05) is 26.8 Å². The van der Waals surface area contributed by atoms with Crippen LogP contribution >= 0.6 is 0 Å². The molecule has 8 rings (SSSR count). The number of carbonyl (C=O) groups excluding carboxylic acids is 5. The van der Waals surface area contributed by atoms with Crippen LogP contribution in [0.4, 0.5) is 10.1 Å². The number of cyclic esters (lactones) is 1. The van der Waals surface area contributed by atoms with E-state index < -0.39 is 82.9 Å². The number of morpholine rings is 1. The Morgan fingerprint density at radius 1 is 1.08 bits per heavy atom. The molecule has 2 N–H and O–H groups in total. The fourth-order valence-electron chi connectivity index (χ4n) is 11.2. The number of hydrazine groups is 1. The highest BCUT2D eigenvalue weighted by atomic mass is 19.1. The lowest BCUT2D eigenvalue weighted by molar-refractivity contribution is -0.156. The first-order valence-corrected chi connectivity index (χ1v) is 26.2. The summed E-state index contributed by atoms with van der Waals surface area (Å²) in [6.07, 6.45) is 3.37. The molecule has 2 aromatic heterocycles. The fourth-order valence-corrected chi connectivity index (χ4v) is 11.2. The number of hydrogen-bond acceptors (Lipinski definition) is 12. The van der Waals surface area contributed by atoms with Crippen molar-refractivity contribution in [3.05, 3.63) is 47.8 Å². The molecule has 3 aromatic rings. The van der Waals surface area contributed by atoms with Crippen molar-refractivity contribution in [2.45, 2.75) is 142 Å². The number of hydrogen-bond donors (Lipinski definition) is 2. The second kappa shape index (κ2) is 21.7. The largest absolute Gasteiger partial charge is 0.464 e. The van der Waals surface area contributed by atoms with E-state index in [1.165, 1.54) is 17.0 Å². The molecule has 0 radical (unpaired) electrons. The Bertz CT molecular complexity index is 2640. The van der Waals surface area contributed by atoms with E-state index in [2.05, 4.69) is 82.0 Å². The maximum Gasteiger partial charge on any atom is 0.324 e. The van der Waals surface area contributed by atoms with Crippen LogP contribution in [0.25, 0.3) is 22.2 Å². The van der Waals surface area contributed by atoms with Gasteiger partial charge in [-0.1, -0.05) is 33.6 Å². The van der Waals surface area contributed by atoms with Crippen LogP contribution in [0.5, 0.6) is 0 Å². The summed E-state index contributed by atoms with van der Waals surface area (Å²) in [7, 11) is 3.07. The molecule has 4 fully saturated rings. The molecule has 396 valence electrons. The van der Waals surface area contributed by atoms with Crippen LogP contribution in [-0.4, -0.2) is 167 Å². The minimum Gasteiger partial charge on any atom is -0.464 e. The Morgan fingerprint density at radius 2 is 1.85 bits per heavy atom. The first kappa shape index (κ1) is 53.7. The first-order chi connectivity index (χ1) is 34.6. The molecule has 5 aliphatic heterocycles. The zero-order chi connectivity index (χ0) is 52.6. The molecule has 7 heterocycles. The number of nitrogens with zero attached hydrogens (tertiary/aromatic N) is 7. The number of pyridine rings is 1. The summed E-state index contributed by atoms with van der Waals surface area (Å²) in [5.41, 5.74) is 5.58. The number of fused-ring (bicyclic) bond motifs is 6. The van der Waals surface area contributed by atoms with E-state index in [9.17, 15) is 24.0 Å². The third-order valence-electron chi connectivity index (χ3n) is 15.6. The summed E-state index contributed by atoms with van der Waals surface area (Å²) >= 11 is 0. The van der Waals surface area contributed by atoms with Crippen LogP contribution in [0.1, 0.15) is 105 Å². The maximum absolute atomic E-state index is 16.8. The number of aromatic nitrogens is 2. The number of nitrogens with one attached hydrogen (secondary N) is 2. The van der Waals surface area contributed by atoms with Crippen molar-refractivity contribution in [1.82, 2.24) is 40.0 Å². The Labute approximate surface area is 429 Å². The van der Waals surface area contributed by atoms with Gasteiger partial charge in [-0.3, -0.25) is 38.9 Å². The van der Waals surface area contributed by atoms with Crippen LogP contribution < -0.4 is 15.6 Å². The molecule has 0 saturated carbocycles. The van der Waals surface area contributed by atoms with Crippen molar-refractivity contribution >= 4 is 46.2 Å². The standard InChI is InChI=1S/C55H76FN9O8/c1-11-64-44-18-17-37-29-40(44)41(48(64)39-15-12-22-57-46(39)36(4)71-10)31-53(5,6)34-73-51(69)42-16-13-25-65(59-42)50(68)43(30-38-32-61(37)27-28-72-38)58-49(67)47(35(2)3)60(9)52(70)55(56)21-26-62(33-55)45(66)19-20-54(7,8)63-23-14-24-63/h12,15,17-18,22,29,35-36,38,42-43,47,59H,11,13-14,16,21,23-28,30-34H2,1-10H3,(H,58,67)/t36-,38-,42-,43-,47?,55+/m0/s1. The van der Waals surface area contributed by atoms with Gasteiger partial charge in [0.05, 0.1) is 48.9 Å². The lowest BCUT2D eigenvalue weighted by atomic mass is 9.84. The predicted octanol–water partition coefficient (Wildman–Crippen LogP) is 5.04. The quantitative estimate of drug-likeness (QED) is 0.205. The topological polar surface area (TPSA) is 171 Å². The molecule has 18 heteroatoms. The van der Waals surface area contributed by atoms with Gasteiger partial charge in [0.2, 0.25) is 11.6 Å². The van der Waals surface area contributed by atoms with E-state index in [-0.39, 0.29) is 38.6 Å². The Morgan fingerprint density at radius 3 is 2.55 bits per heavy atom. The van der Waals surface area contributed by atoms with E-state index in [0.717, 1.165) is 63.5 Å². The normalized spacial score (nSPS) is 24.8. The first-order valence-electron chi connectivity index (χ1n) is 26.2. The average molecular weight is 1010 g/mol. The van der Waals surface area contributed by atoms with Gasteiger partial charge >= 0.3 is 5.97 Å². The highest BCUT2D eigenvalue weighted by molar-refractivity contribution is 5.98. The van der Waals surface area contributed by atoms with Gasteiger partial charge in [0.1, 0.15) is 18.1 Å². The predicted molar refractivity (Wildman–Crippen MR) is 276 cm³/mol. The van der Waals surface area contributed by atoms with Gasteiger partial charge < -0.3 is 38.8 Å². The van der Waals surface area contributed by atoms with Gasteiger partial charge in [-0.05, 0) is 101 Å². The number of ether oxygens (including phenoxy) is 3. The third-order valence-corrected chi connectivity index (χ3v) is 15.6. The molecular weight excluding hydrogens is 934 g/mol. The number of rotatable bonds is 10. The van der Waals surface area contributed by atoms with Crippen molar-refractivity contribution < 1.29 is 42.6 Å². The van der Waals surface area contributed by atoms with E-state index in [4.69, 9.17) is 19.2 Å². The van der Waals surface area contributed by atoms with Gasteiger partial charge in [-0.25, -0.2) is 9.82 Å². The molecule has 1 aromatic carbocycles. The monoisotopic (exact) mass is 1010 g/mol. The number of alkyl halides is 1. The van der Waals surface area contributed by atoms with Crippen LogP contribution in [0.3, 0.4) is 0 Å². The average Bonchev–Trinajstić information content (AvgIpc) is 3.90. The van der Waals surface area contributed by atoms with Crippen molar-refractivity contribution in [3.8, 4) is 23.1 Å². The van der Waals surface area contributed by atoms with Gasteiger partial charge in [-0.15, -0.1) is 0 Å². The lowest BCUT2D eigenvalue weighted by Gasteiger charge is -2.41. The molecule has 4 amide bonds. The van der Waals surface area contributed by atoms with E-state index in [1.54, 1.807) is 27.2 Å². The summed E-state index contributed by atoms with van der Waals surface area (Å²) in [6, 6.07) is 7.33. The summed E-state index contributed by atoms with van der Waals surface area (Å²) in [5, 5.41) is 5.42. The number of halogens is 1. The zero-order valence-electron chi connectivity index (χ0n) is 44.5. The smallest absolute Gasteiger partial charge is 0.324 e. The number of anilines is 1. The van der Waals surface area contributed by atoms with E-state index >= 15 is 4.39 Å². The second-order valence-corrected chi connectivity index (χ2v) is 22.3. The number of aryl methyl sites for hydroxylation is 1. The molecule has 6 bridgehead atoms. The minimum absolute atomic E-state index is 0.00159. The molecule has 5 aliphatic rings. The van der Waals surface area contributed by atoms with Crippen molar-refractivity contribution in [2.75, 3.05) is 78.1 Å². The summed E-state index contributed by atoms with van der Waals surface area (Å²) in [5.74, 6) is 2.12. The van der Waals surface area contributed by atoms with Crippen LogP contribution in [0.2, 0.25) is 0 Å². The summed E-state index contributed by atoms with van der Waals surface area (Å²) in [6.45, 7) is 19.4.